The first kappa shape index (κ1) is 15.4. The molecular weight excluding hydrogens is 340 g/mol. The third-order valence-electron chi connectivity index (χ3n) is 3.24. The number of nitrogens with zero attached hydrogens (tertiary/aromatic N) is 4. The Morgan fingerprint density at radius 2 is 2.17 bits per heavy atom. The summed E-state index contributed by atoms with van der Waals surface area (Å²) in [6, 6.07) is 1.53. The summed E-state index contributed by atoms with van der Waals surface area (Å²) in [4.78, 5) is 34.1. The van der Waals surface area contributed by atoms with E-state index in [1.165, 1.54) is 28.2 Å². The Morgan fingerprint density at radius 1 is 1.43 bits per heavy atom. The summed E-state index contributed by atoms with van der Waals surface area (Å²) in [5.74, 6) is -1.30. The highest BCUT2D eigenvalue weighted by molar-refractivity contribution is 7.12. The maximum atomic E-state index is 12.6. The van der Waals surface area contributed by atoms with Crippen LogP contribution in [0.1, 0.15) is 10.4 Å². The van der Waals surface area contributed by atoms with E-state index in [9.17, 15) is 14.7 Å². The summed E-state index contributed by atoms with van der Waals surface area (Å²) in [6.07, 6.45) is 2.82. The lowest BCUT2D eigenvalue weighted by Gasteiger charge is -2.17. The summed E-state index contributed by atoms with van der Waals surface area (Å²) < 4.78 is 1.48. The van der Waals surface area contributed by atoms with Gasteiger partial charge in [0, 0.05) is 31.9 Å². The van der Waals surface area contributed by atoms with Gasteiger partial charge in [0.1, 0.15) is 10.7 Å². The number of hydrogen-bond donors (Lipinski definition) is 1. The standard InChI is InChI=1S/C14H11ClN4O3S/c1-18(2)8-5-9(15)17-12-10(8)11(20)7(13(21)22)6-19(12)14-16-3-4-23-14/h3-6H,1-2H3,(H,21,22). The van der Waals surface area contributed by atoms with Gasteiger partial charge >= 0.3 is 5.97 Å². The molecule has 0 aliphatic carbocycles. The molecule has 0 radical (unpaired) electrons. The van der Waals surface area contributed by atoms with Crippen molar-refractivity contribution in [1.82, 2.24) is 14.5 Å². The fraction of sp³-hybridized carbons (Fsp3) is 0.143. The number of pyridine rings is 2. The molecule has 0 saturated heterocycles. The number of aromatic nitrogens is 3. The molecule has 9 heteroatoms. The average Bonchev–Trinajstić information content (AvgIpc) is 3.00. The lowest BCUT2D eigenvalue weighted by molar-refractivity contribution is 0.0695. The molecule has 0 spiro atoms. The van der Waals surface area contributed by atoms with Crippen molar-refractivity contribution in [2.75, 3.05) is 19.0 Å². The second-order valence-electron chi connectivity index (χ2n) is 4.92. The third-order valence-corrected chi connectivity index (χ3v) is 4.21. The van der Waals surface area contributed by atoms with Crippen molar-refractivity contribution >= 4 is 45.6 Å². The number of rotatable bonds is 3. The Morgan fingerprint density at radius 3 is 2.74 bits per heavy atom. The number of aromatic carboxylic acids is 1. The van der Waals surface area contributed by atoms with Crippen LogP contribution in [0.2, 0.25) is 5.15 Å². The molecule has 0 aliphatic rings. The van der Waals surface area contributed by atoms with E-state index in [1.54, 1.807) is 30.6 Å². The SMILES string of the molecule is CN(C)c1cc(Cl)nc2c1c(=O)c(C(=O)O)cn2-c1nccs1. The van der Waals surface area contributed by atoms with E-state index < -0.39 is 11.4 Å². The van der Waals surface area contributed by atoms with Crippen LogP contribution < -0.4 is 10.3 Å². The van der Waals surface area contributed by atoms with Crippen LogP contribution in [0.25, 0.3) is 16.2 Å². The summed E-state index contributed by atoms with van der Waals surface area (Å²) in [7, 11) is 3.48. The Balaban J connectivity index is 2.56. The van der Waals surface area contributed by atoms with Crippen LogP contribution in [0.5, 0.6) is 0 Å². The molecular formula is C14H11ClN4O3S. The van der Waals surface area contributed by atoms with Gasteiger partial charge in [0.2, 0.25) is 5.43 Å². The number of carbonyl (C=O) groups is 1. The number of hydrogen-bond acceptors (Lipinski definition) is 6. The van der Waals surface area contributed by atoms with E-state index in [2.05, 4.69) is 9.97 Å². The van der Waals surface area contributed by atoms with Crippen LogP contribution >= 0.6 is 22.9 Å². The predicted octanol–water partition coefficient (Wildman–Crippen LogP) is 2.26. The topological polar surface area (TPSA) is 88.3 Å². The van der Waals surface area contributed by atoms with Crippen molar-refractivity contribution in [3.05, 3.63) is 44.8 Å². The number of halogens is 1. The van der Waals surface area contributed by atoms with Crippen LogP contribution in [0.15, 0.2) is 28.6 Å². The minimum Gasteiger partial charge on any atom is -0.477 e. The van der Waals surface area contributed by atoms with Crippen LogP contribution in [-0.4, -0.2) is 39.7 Å². The number of anilines is 1. The second kappa shape index (κ2) is 5.64. The highest BCUT2D eigenvalue weighted by atomic mass is 35.5. The lowest BCUT2D eigenvalue weighted by atomic mass is 10.1. The quantitative estimate of drug-likeness (QED) is 0.729. The zero-order chi connectivity index (χ0) is 16.7. The maximum Gasteiger partial charge on any atom is 0.341 e. The molecule has 3 aromatic heterocycles. The van der Waals surface area contributed by atoms with Crippen molar-refractivity contribution < 1.29 is 9.90 Å². The molecule has 0 aromatic carbocycles. The van der Waals surface area contributed by atoms with E-state index in [-0.39, 0.29) is 21.7 Å². The highest BCUT2D eigenvalue weighted by Gasteiger charge is 2.21. The molecule has 3 heterocycles. The predicted molar refractivity (Wildman–Crippen MR) is 89.3 cm³/mol. The van der Waals surface area contributed by atoms with Gasteiger partial charge in [-0.05, 0) is 6.07 Å². The lowest BCUT2D eigenvalue weighted by Crippen LogP contribution is -2.22. The molecule has 0 unspecified atom stereocenters. The maximum absolute atomic E-state index is 12.6. The average molecular weight is 351 g/mol. The first-order chi connectivity index (χ1) is 10.9. The van der Waals surface area contributed by atoms with E-state index in [4.69, 9.17) is 11.6 Å². The van der Waals surface area contributed by atoms with Crippen molar-refractivity contribution in [1.29, 1.82) is 0 Å². The second-order valence-corrected chi connectivity index (χ2v) is 6.18. The van der Waals surface area contributed by atoms with Crippen LogP contribution in [-0.2, 0) is 0 Å². The summed E-state index contributed by atoms with van der Waals surface area (Å²) >= 11 is 7.37. The largest absolute Gasteiger partial charge is 0.477 e. The van der Waals surface area contributed by atoms with Gasteiger partial charge in [0.05, 0.1) is 11.1 Å². The number of thiazole rings is 1. The van der Waals surface area contributed by atoms with Crippen molar-refractivity contribution in [2.45, 2.75) is 0 Å². The molecule has 0 atom stereocenters. The number of carboxylic acids is 1. The molecule has 0 saturated carbocycles. The molecule has 0 aliphatic heterocycles. The van der Waals surface area contributed by atoms with Crippen LogP contribution in [0.3, 0.4) is 0 Å². The van der Waals surface area contributed by atoms with Gasteiger partial charge < -0.3 is 10.0 Å². The molecule has 23 heavy (non-hydrogen) atoms. The minimum atomic E-state index is -1.30. The van der Waals surface area contributed by atoms with Gasteiger partial charge in [-0.3, -0.25) is 9.36 Å². The summed E-state index contributed by atoms with van der Waals surface area (Å²) in [5, 5.41) is 12.0. The molecule has 118 valence electrons. The first-order valence-corrected chi connectivity index (χ1v) is 7.72. The van der Waals surface area contributed by atoms with E-state index in [0.29, 0.717) is 10.8 Å². The van der Waals surface area contributed by atoms with Gasteiger partial charge in [-0.25, -0.2) is 14.8 Å². The van der Waals surface area contributed by atoms with Crippen LogP contribution in [0, 0.1) is 0 Å². The van der Waals surface area contributed by atoms with Crippen LogP contribution in [0.4, 0.5) is 5.69 Å². The molecule has 0 fully saturated rings. The van der Waals surface area contributed by atoms with Crippen molar-refractivity contribution in [3.8, 4) is 5.13 Å². The van der Waals surface area contributed by atoms with E-state index >= 15 is 0 Å². The molecule has 1 N–H and O–H groups in total. The zero-order valence-corrected chi connectivity index (χ0v) is 13.7. The minimum absolute atomic E-state index is 0.189. The van der Waals surface area contributed by atoms with E-state index in [0.717, 1.165) is 0 Å². The molecule has 3 rings (SSSR count). The first-order valence-electron chi connectivity index (χ1n) is 6.46. The smallest absolute Gasteiger partial charge is 0.341 e. The van der Waals surface area contributed by atoms with Gasteiger partial charge in [0.25, 0.3) is 0 Å². The Labute approximate surface area is 139 Å². The Hall–Kier alpha value is -2.45. The number of fused-ring (bicyclic) bond motifs is 1. The molecule has 0 amide bonds. The molecule has 7 nitrogen and oxygen atoms in total. The van der Waals surface area contributed by atoms with Gasteiger partial charge in [-0.2, -0.15) is 0 Å². The summed E-state index contributed by atoms with van der Waals surface area (Å²) in [6.45, 7) is 0. The third kappa shape index (κ3) is 2.55. The fourth-order valence-electron chi connectivity index (χ4n) is 2.25. The zero-order valence-electron chi connectivity index (χ0n) is 12.1. The summed E-state index contributed by atoms with van der Waals surface area (Å²) in [5.41, 5.74) is -0.183. The van der Waals surface area contributed by atoms with Gasteiger partial charge in [-0.15, -0.1) is 11.3 Å². The number of carboxylic acid groups (broad SMARTS) is 1. The normalized spacial score (nSPS) is 10.9. The van der Waals surface area contributed by atoms with Gasteiger partial charge in [0.15, 0.2) is 10.8 Å². The highest BCUT2D eigenvalue weighted by Crippen LogP contribution is 2.27. The van der Waals surface area contributed by atoms with Crippen molar-refractivity contribution in [3.63, 3.8) is 0 Å². The van der Waals surface area contributed by atoms with Gasteiger partial charge in [-0.1, -0.05) is 11.6 Å². The van der Waals surface area contributed by atoms with Crippen molar-refractivity contribution in [2.24, 2.45) is 0 Å². The Bertz CT molecular complexity index is 966. The fourth-order valence-corrected chi connectivity index (χ4v) is 3.05. The monoisotopic (exact) mass is 350 g/mol. The Kier molecular flexibility index (Phi) is 3.78. The van der Waals surface area contributed by atoms with E-state index in [1.807, 2.05) is 0 Å². The molecule has 3 aromatic rings. The molecule has 0 bridgehead atoms.